The minimum atomic E-state index is 0.618. The Kier molecular flexibility index (Phi) is 5.87. The zero-order valence-electron chi connectivity index (χ0n) is 13.1. The summed E-state index contributed by atoms with van der Waals surface area (Å²) in [6, 6.07) is 12.1. The lowest BCUT2D eigenvalue weighted by atomic mass is 10.0. The van der Waals surface area contributed by atoms with Crippen LogP contribution in [0.1, 0.15) is 23.6 Å². The van der Waals surface area contributed by atoms with Gasteiger partial charge in [0.05, 0.1) is 17.0 Å². The Morgan fingerprint density at radius 3 is 2.59 bits per heavy atom. The number of hydrogen-bond donors (Lipinski definition) is 0. The van der Waals surface area contributed by atoms with Gasteiger partial charge < -0.3 is 4.90 Å². The molecule has 0 fully saturated rings. The molecule has 116 valence electrons. The molecular weight excluding hydrogens is 315 g/mol. The van der Waals surface area contributed by atoms with Gasteiger partial charge in [0.25, 0.3) is 0 Å². The molecule has 4 heteroatoms. The van der Waals surface area contributed by atoms with Crippen molar-refractivity contribution in [1.82, 2.24) is 4.90 Å². The van der Waals surface area contributed by atoms with Gasteiger partial charge >= 0.3 is 0 Å². The minimum Gasteiger partial charge on any atom is -0.366 e. The fourth-order valence-electron chi connectivity index (χ4n) is 2.10. The molecule has 2 nitrogen and oxygen atoms in total. The van der Waals surface area contributed by atoms with E-state index < -0.39 is 0 Å². The molecule has 0 aromatic heterocycles. The van der Waals surface area contributed by atoms with Crippen LogP contribution in [0, 0.1) is 6.92 Å². The van der Waals surface area contributed by atoms with Crippen LogP contribution in [0.2, 0.25) is 10.0 Å². The molecule has 2 aromatic rings. The highest BCUT2D eigenvalue weighted by molar-refractivity contribution is 6.35. The molecule has 0 radical (unpaired) electrons. The van der Waals surface area contributed by atoms with Crippen LogP contribution in [0.5, 0.6) is 0 Å². The molecule has 2 rings (SSSR count). The first-order chi connectivity index (χ1) is 10.5. The van der Waals surface area contributed by atoms with E-state index in [1.165, 1.54) is 11.1 Å². The van der Waals surface area contributed by atoms with Crippen molar-refractivity contribution in [3.8, 4) is 0 Å². The van der Waals surface area contributed by atoms with Gasteiger partial charge in [0.2, 0.25) is 0 Å². The van der Waals surface area contributed by atoms with Crippen molar-refractivity contribution in [3.63, 3.8) is 0 Å². The number of benzene rings is 2. The summed E-state index contributed by atoms with van der Waals surface area (Å²) in [5.41, 5.74) is 4.17. The molecule has 0 N–H and O–H groups in total. The largest absolute Gasteiger partial charge is 0.366 e. The van der Waals surface area contributed by atoms with Gasteiger partial charge in [0, 0.05) is 18.6 Å². The molecular formula is C18H20Cl2N2. The van der Waals surface area contributed by atoms with E-state index in [-0.39, 0.29) is 0 Å². The van der Waals surface area contributed by atoms with Crippen molar-refractivity contribution in [2.45, 2.75) is 20.3 Å². The van der Waals surface area contributed by atoms with Crippen LogP contribution in [0.15, 0.2) is 41.4 Å². The zero-order chi connectivity index (χ0) is 16.1. The lowest BCUT2D eigenvalue weighted by Crippen LogP contribution is -2.14. The normalized spacial score (nSPS) is 11.1. The topological polar surface area (TPSA) is 15.6 Å². The van der Waals surface area contributed by atoms with Gasteiger partial charge in [-0.15, -0.1) is 0 Å². The molecule has 0 atom stereocenters. The maximum absolute atomic E-state index is 6.39. The van der Waals surface area contributed by atoms with E-state index in [1.807, 2.05) is 24.1 Å². The standard InChI is InChI=1S/C18H20Cl2N2/c1-4-22(3)12-21-18-11-16(19)15(10-17(18)20)9-14-7-5-6-13(2)8-14/h5-8,10-12H,4,9H2,1-3H3. The number of halogens is 2. The quantitative estimate of drug-likeness (QED) is 0.520. The van der Waals surface area contributed by atoms with Gasteiger partial charge in [-0.2, -0.15) is 0 Å². The lowest BCUT2D eigenvalue weighted by Gasteiger charge is -2.10. The number of nitrogens with zero attached hydrogens (tertiary/aromatic N) is 2. The van der Waals surface area contributed by atoms with Crippen molar-refractivity contribution < 1.29 is 0 Å². The summed E-state index contributed by atoms with van der Waals surface area (Å²) < 4.78 is 0. The summed E-state index contributed by atoms with van der Waals surface area (Å²) in [7, 11) is 1.96. The van der Waals surface area contributed by atoms with Crippen LogP contribution in [0.4, 0.5) is 5.69 Å². The second-order valence-electron chi connectivity index (χ2n) is 5.38. The number of aryl methyl sites for hydroxylation is 1. The summed E-state index contributed by atoms with van der Waals surface area (Å²) >= 11 is 12.7. The molecule has 0 heterocycles. The van der Waals surface area contributed by atoms with E-state index in [9.17, 15) is 0 Å². The molecule has 0 saturated heterocycles. The molecule has 2 aromatic carbocycles. The van der Waals surface area contributed by atoms with Crippen molar-refractivity contribution in [2.75, 3.05) is 13.6 Å². The molecule has 0 saturated carbocycles. The second-order valence-corrected chi connectivity index (χ2v) is 6.19. The average Bonchev–Trinajstić information content (AvgIpc) is 2.49. The van der Waals surface area contributed by atoms with Crippen LogP contribution in [-0.4, -0.2) is 24.8 Å². The summed E-state index contributed by atoms with van der Waals surface area (Å²) in [4.78, 5) is 6.36. The maximum atomic E-state index is 6.39. The Morgan fingerprint density at radius 1 is 1.14 bits per heavy atom. The van der Waals surface area contributed by atoms with E-state index in [0.717, 1.165) is 18.5 Å². The van der Waals surface area contributed by atoms with Crippen LogP contribution >= 0.6 is 23.2 Å². The van der Waals surface area contributed by atoms with Crippen molar-refractivity contribution in [2.24, 2.45) is 4.99 Å². The molecule has 0 unspecified atom stereocenters. The van der Waals surface area contributed by atoms with Crippen molar-refractivity contribution in [1.29, 1.82) is 0 Å². The Balaban J connectivity index is 2.24. The number of hydrogen-bond acceptors (Lipinski definition) is 1. The highest BCUT2D eigenvalue weighted by atomic mass is 35.5. The summed E-state index contributed by atoms with van der Waals surface area (Å²) in [6.07, 6.45) is 2.52. The third kappa shape index (κ3) is 4.49. The fourth-order valence-corrected chi connectivity index (χ4v) is 2.56. The van der Waals surface area contributed by atoms with Crippen LogP contribution in [0.25, 0.3) is 0 Å². The van der Waals surface area contributed by atoms with Crippen molar-refractivity contribution in [3.05, 3.63) is 63.1 Å². The maximum Gasteiger partial charge on any atom is 0.0910 e. The van der Waals surface area contributed by atoms with Gasteiger partial charge in [-0.3, -0.25) is 0 Å². The Morgan fingerprint density at radius 2 is 1.91 bits per heavy atom. The molecule has 0 aliphatic carbocycles. The Bertz CT molecular complexity index is 681. The predicted molar refractivity (Wildman–Crippen MR) is 96.9 cm³/mol. The zero-order valence-corrected chi connectivity index (χ0v) is 14.6. The van der Waals surface area contributed by atoms with Crippen LogP contribution < -0.4 is 0 Å². The van der Waals surface area contributed by atoms with E-state index in [2.05, 4.69) is 43.1 Å². The smallest absolute Gasteiger partial charge is 0.0910 e. The molecule has 0 spiro atoms. The summed E-state index contributed by atoms with van der Waals surface area (Å²) in [5, 5.41) is 1.31. The van der Waals surface area contributed by atoms with E-state index in [4.69, 9.17) is 23.2 Å². The molecule has 0 amide bonds. The molecule has 22 heavy (non-hydrogen) atoms. The predicted octanol–water partition coefficient (Wildman–Crippen LogP) is 5.50. The van der Waals surface area contributed by atoms with E-state index >= 15 is 0 Å². The monoisotopic (exact) mass is 334 g/mol. The van der Waals surface area contributed by atoms with E-state index in [1.54, 1.807) is 6.34 Å². The van der Waals surface area contributed by atoms with Crippen molar-refractivity contribution >= 4 is 35.2 Å². The van der Waals surface area contributed by atoms with Crippen LogP contribution in [0.3, 0.4) is 0 Å². The SMILES string of the molecule is CCN(C)C=Nc1cc(Cl)c(Cc2cccc(C)c2)cc1Cl. The third-order valence-electron chi connectivity index (χ3n) is 3.49. The summed E-state index contributed by atoms with van der Waals surface area (Å²) in [6.45, 7) is 5.03. The van der Waals surface area contributed by atoms with E-state index in [0.29, 0.717) is 15.7 Å². The van der Waals surface area contributed by atoms with Gasteiger partial charge in [-0.25, -0.2) is 4.99 Å². The highest BCUT2D eigenvalue weighted by Gasteiger charge is 2.08. The van der Waals surface area contributed by atoms with Gasteiger partial charge in [-0.05, 0) is 43.5 Å². The first kappa shape index (κ1) is 16.9. The molecule has 0 aliphatic heterocycles. The summed E-state index contributed by atoms with van der Waals surface area (Å²) in [5.74, 6) is 0. The molecule has 0 aliphatic rings. The Labute approximate surface area is 142 Å². The lowest BCUT2D eigenvalue weighted by molar-refractivity contribution is 0.552. The fraction of sp³-hybridized carbons (Fsp3) is 0.278. The highest BCUT2D eigenvalue weighted by Crippen LogP contribution is 2.32. The minimum absolute atomic E-state index is 0.618. The first-order valence-electron chi connectivity index (χ1n) is 7.27. The van der Waals surface area contributed by atoms with Gasteiger partial charge in [-0.1, -0.05) is 53.0 Å². The first-order valence-corrected chi connectivity index (χ1v) is 8.03. The second kappa shape index (κ2) is 7.66. The van der Waals surface area contributed by atoms with Crippen LogP contribution in [-0.2, 0) is 6.42 Å². The van der Waals surface area contributed by atoms with Gasteiger partial charge in [0.1, 0.15) is 0 Å². The third-order valence-corrected chi connectivity index (χ3v) is 4.14. The average molecular weight is 335 g/mol. The van der Waals surface area contributed by atoms with Gasteiger partial charge in [0.15, 0.2) is 0 Å². The number of rotatable bonds is 5. The molecule has 0 bridgehead atoms. The Hall–Kier alpha value is -1.51. The number of aliphatic imine (C=N–C) groups is 1.